The Balaban J connectivity index is 0.000000896. The second-order valence-corrected chi connectivity index (χ2v) is 4.64. The molecule has 8 heteroatoms. The van der Waals surface area contributed by atoms with Crippen LogP contribution in [-0.2, 0) is 23.7 Å². The SMILES string of the molecule is C=CC(=O)OC.OCCOCCOCCOCC(O)Oc1ccccc1. The molecule has 1 rings (SSSR count). The van der Waals surface area contributed by atoms with Crippen molar-refractivity contribution in [2.75, 3.05) is 53.4 Å². The Morgan fingerprint density at radius 2 is 1.65 bits per heavy atom. The van der Waals surface area contributed by atoms with Gasteiger partial charge in [-0.2, -0.15) is 0 Å². The van der Waals surface area contributed by atoms with Gasteiger partial charge in [0.25, 0.3) is 0 Å². The first kappa shape index (κ1) is 24.0. The number of aliphatic hydroxyl groups excluding tert-OH is 2. The fourth-order valence-electron chi connectivity index (χ4n) is 1.46. The summed E-state index contributed by atoms with van der Waals surface area (Å²) in [5.41, 5.74) is 0. The first-order valence-electron chi connectivity index (χ1n) is 8.08. The molecule has 1 aromatic carbocycles. The van der Waals surface area contributed by atoms with E-state index in [1.54, 1.807) is 12.1 Å². The Bertz CT molecular complexity index is 452. The third-order valence-electron chi connectivity index (χ3n) is 2.62. The van der Waals surface area contributed by atoms with E-state index in [9.17, 15) is 9.90 Å². The van der Waals surface area contributed by atoms with Gasteiger partial charge in [-0.05, 0) is 12.1 Å². The zero-order valence-electron chi connectivity index (χ0n) is 15.0. The van der Waals surface area contributed by atoms with Gasteiger partial charge in [0.2, 0.25) is 6.29 Å². The maximum atomic E-state index is 9.84. The number of ether oxygens (including phenoxy) is 5. The minimum absolute atomic E-state index is 0.0163. The number of carbonyl (C=O) groups is 1. The molecule has 1 aromatic rings. The molecule has 0 aliphatic carbocycles. The van der Waals surface area contributed by atoms with Gasteiger partial charge in [-0.1, -0.05) is 24.8 Å². The summed E-state index contributed by atoms with van der Waals surface area (Å²) in [5.74, 6) is 0.205. The average Bonchev–Trinajstić information content (AvgIpc) is 2.67. The highest BCUT2D eigenvalue weighted by Crippen LogP contribution is 2.09. The molecule has 8 nitrogen and oxygen atoms in total. The third-order valence-corrected chi connectivity index (χ3v) is 2.62. The molecule has 2 N–H and O–H groups in total. The fraction of sp³-hybridized carbons (Fsp3) is 0.500. The van der Waals surface area contributed by atoms with Gasteiger partial charge in [-0.25, -0.2) is 4.79 Å². The van der Waals surface area contributed by atoms with Crippen molar-refractivity contribution in [1.82, 2.24) is 0 Å². The lowest BCUT2D eigenvalue weighted by Crippen LogP contribution is -2.23. The highest BCUT2D eigenvalue weighted by Gasteiger charge is 2.05. The van der Waals surface area contributed by atoms with Crippen molar-refractivity contribution in [2.45, 2.75) is 6.29 Å². The van der Waals surface area contributed by atoms with Crippen LogP contribution in [0.1, 0.15) is 0 Å². The predicted molar refractivity (Wildman–Crippen MR) is 94.8 cm³/mol. The summed E-state index contributed by atoms with van der Waals surface area (Å²) in [4.78, 5) is 9.84. The number of benzene rings is 1. The summed E-state index contributed by atoms with van der Waals surface area (Å²) < 4.78 is 24.8. The second kappa shape index (κ2) is 17.8. The van der Waals surface area contributed by atoms with E-state index < -0.39 is 12.3 Å². The van der Waals surface area contributed by atoms with E-state index in [2.05, 4.69) is 11.3 Å². The zero-order chi connectivity index (χ0) is 19.5. The van der Waals surface area contributed by atoms with Crippen LogP contribution in [0.25, 0.3) is 0 Å². The van der Waals surface area contributed by atoms with Crippen molar-refractivity contribution >= 4 is 5.97 Å². The normalized spacial score (nSPS) is 11.0. The van der Waals surface area contributed by atoms with Crippen LogP contribution in [0.3, 0.4) is 0 Å². The van der Waals surface area contributed by atoms with Crippen LogP contribution in [0.2, 0.25) is 0 Å². The molecule has 0 bridgehead atoms. The molecule has 0 saturated carbocycles. The number of hydrogen-bond donors (Lipinski definition) is 2. The molecule has 0 amide bonds. The van der Waals surface area contributed by atoms with Crippen LogP contribution in [0.5, 0.6) is 5.75 Å². The lowest BCUT2D eigenvalue weighted by molar-refractivity contribution is -0.134. The maximum absolute atomic E-state index is 9.84. The molecule has 1 unspecified atom stereocenters. The van der Waals surface area contributed by atoms with Crippen molar-refractivity contribution in [2.24, 2.45) is 0 Å². The average molecular weight is 372 g/mol. The minimum Gasteiger partial charge on any atom is -0.466 e. The Labute approximate surface area is 153 Å². The van der Waals surface area contributed by atoms with E-state index in [1.165, 1.54) is 7.11 Å². The van der Waals surface area contributed by atoms with E-state index >= 15 is 0 Å². The lowest BCUT2D eigenvalue weighted by Gasteiger charge is -2.13. The van der Waals surface area contributed by atoms with Gasteiger partial charge in [0.15, 0.2) is 0 Å². The number of para-hydroxylation sites is 1. The predicted octanol–water partition coefficient (Wildman–Crippen LogP) is 0.771. The summed E-state index contributed by atoms with van der Waals surface area (Å²) in [6, 6.07) is 9.06. The zero-order valence-corrected chi connectivity index (χ0v) is 15.0. The van der Waals surface area contributed by atoms with Gasteiger partial charge < -0.3 is 33.9 Å². The molecule has 0 fully saturated rings. The van der Waals surface area contributed by atoms with Crippen molar-refractivity contribution in [1.29, 1.82) is 0 Å². The molecule has 26 heavy (non-hydrogen) atoms. The standard InChI is InChI=1S/C14H22O6.C4H6O2/c15-6-7-17-8-9-18-10-11-19-12-14(16)20-13-4-2-1-3-5-13;1-3-4(5)6-2/h1-5,14-16H,6-12H2;3H,1H2,2H3. The molecule has 0 aliphatic heterocycles. The third kappa shape index (κ3) is 15.6. The quantitative estimate of drug-likeness (QED) is 0.227. The van der Waals surface area contributed by atoms with Gasteiger partial charge in [-0.15, -0.1) is 0 Å². The molecule has 0 radical (unpaired) electrons. The van der Waals surface area contributed by atoms with Gasteiger partial charge in [-0.3, -0.25) is 0 Å². The molecule has 0 aliphatic rings. The molecule has 0 aromatic heterocycles. The molecular formula is C18H28O8. The second-order valence-electron chi connectivity index (χ2n) is 4.64. The van der Waals surface area contributed by atoms with Crippen LogP contribution in [-0.4, -0.2) is 75.8 Å². The van der Waals surface area contributed by atoms with E-state index in [-0.39, 0.29) is 13.2 Å². The molecule has 0 spiro atoms. The Hall–Kier alpha value is -1.97. The maximum Gasteiger partial charge on any atom is 0.329 e. The highest BCUT2D eigenvalue weighted by atomic mass is 16.6. The van der Waals surface area contributed by atoms with Crippen molar-refractivity contribution in [3.05, 3.63) is 43.0 Å². The van der Waals surface area contributed by atoms with E-state index in [0.29, 0.717) is 38.8 Å². The summed E-state index contributed by atoms with van der Waals surface area (Å²) in [5, 5.41) is 18.0. The van der Waals surface area contributed by atoms with Gasteiger partial charge >= 0.3 is 5.97 Å². The Kier molecular flexibility index (Phi) is 16.5. The van der Waals surface area contributed by atoms with E-state index in [1.807, 2.05) is 18.2 Å². The van der Waals surface area contributed by atoms with Gasteiger partial charge in [0.05, 0.1) is 46.8 Å². The first-order chi connectivity index (χ1) is 12.6. The summed E-state index contributed by atoms with van der Waals surface area (Å²) in [6.07, 6.45) is 0.116. The highest BCUT2D eigenvalue weighted by molar-refractivity contribution is 5.80. The van der Waals surface area contributed by atoms with Gasteiger partial charge in [0.1, 0.15) is 12.4 Å². The Morgan fingerprint density at radius 3 is 2.15 bits per heavy atom. The van der Waals surface area contributed by atoms with Crippen molar-refractivity contribution in [3.8, 4) is 5.75 Å². The Morgan fingerprint density at radius 1 is 1.08 bits per heavy atom. The van der Waals surface area contributed by atoms with Crippen LogP contribution in [0.4, 0.5) is 0 Å². The molecular weight excluding hydrogens is 344 g/mol. The fourth-order valence-corrected chi connectivity index (χ4v) is 1.46. The van der Waals surface area contributed by atoms with Crippen LogP contribution in [0.15, 0.2) is 43.0 Å². The number of rotatable bonds is 13. The summed E-state index contributed by atoms with van der Waals surface area (Å²) >= 11 is 0. The monoisotopic (exact) mass is 372 g/mol. The minimum atomic E-state index is -0.995. The largest absolute Gasteiger partial charge is 0.466 e. The van der Waals surface area contributed by atoms with Crippen molar-refractivity contribution in [3.63, 3.8) is 0 Å². The van der Waals surface area contributed by atoms with E-state index in [4.69, 9.17) is 24.1 Å². The number of hydrogen-bond acceptors (Lipinski definition) is 8. The summed E-state index contributed by atoms with van der Waals surface area (Å²) in [7, 11) is 1.31. The molecule has 0 saturated heterocycles. The first-order valence-corrected chi connectivity index (χ1v) is 8.08. The lowest BCUT2D eigenvalue weighted by atomic mass is 10.3. The summed E-state index contributed by atoms with van der Waals surface area (Å²) in [6.45, 7) is 5.26. The number of esters is 1. The molecule has 0 heterocycles. The molecule has 148 valence electrons. The van der Waals surface area contributed by atoms with Crippen LogP contribution in [0, 0.1) is 0 Å². The van der Waals surface area contributed by atoms with Crippen molar-refractivity contribution < 1.29 is 38.7 Å². The smallest absolute Gasteiger partial charge is 0.329 e. The number of methoxy groups -OCH3 is 1. The number of carbonyl (C=O) groups excluding carboxylic acids is 1. The van der Waals surface area contributed by atoms with Crippen LogP contribution < -0.4 is 4.74 Å². The van der Waals surface area contributed by atoms with Crippen LogP contribution >= 0.6 is 0 Å². The topological polar surface area (TPSA) is 104 Å². The number of aliphatic hydroxyl groups is 2. The van der Waals surface area contributed by atoms with Gasteiger partial charge in [0, 0.05) is 6.08 Å². The van der Waals surface area contributed by atoms with E-state index in [0.717, 1.165) is 6.08 Å². The molecule has 1 atom stereocenters.